The van der Waals surface area contributed by atoms with Gasteiger partial charge in [-0.2, -0.15) is 0 Å². The molecule has 218 valence electrons. The van der Waals surface area contributed by atoms with Gasteiger partial charge in [0.1, 0.15) is 18.1 Å². The monoisotopic (exact) mass is 564 g/mol. The lowest BCUT2D eigenvalue weighted by molar-refractivity contribution is 0.0472. The summed E-state index contributed by atoms with van der Waals surface area (Å²) in [4.78, 5) is 25.0. The molecule has 0 saturated carbocycles. The van der Waals surface area contributed by atoms with Gasteiger partial charge >= 0.3 is 11.9 Å². The molecule has 0 saturated heterocycles. The van der Waals surface area contributed by atoms with E-state index >= 15 is 0 Å². The molecule has 0 radical (unpaired) electrons. The highest BCUT2D eigenvalue weighted by atomic mass is 16.5. The van der Waals surface area contributed by atoms with E-state index in [1.807, 2.05) is 66.7 Å². The van der Waals surface area contributed by atoms with Crippen LogP contribution in [0.5, 0.6) is 11.5 Å². The van der Waals surface area contributed by atoms with Gasteiger partial charge in [-0.1, -0.05) is 106 Å². The smallest absolute Gasteiger partial charge is 0.343 e. The summed E-state index contributed by atoms with van der Waals surface area (Å²) in [6.07, 6.45) is 10.3. The van der Waals surface area contributed by atoms with Gasteiger partial charge in [0.05, 0.1) is 17.7 Å². The number of ether oxygens (including phenoxy) is 3. The number of rotatable bonds is 16. The molecule has 0 aliphatic rings. The summed E-state index contributed by atoms with van der Waals surface area (Å²) in [7, 11) is 0. The van der Waals surface area contributed by atoms with Crippen LogP contribution in [0.3, 0.4) is 0 Å². The topological polar surface area (TPSA) is 61.8 Å². The van der Waals surface area contributed by atoms with Crippen LogP contribution in [0.1, 0.15) is 84.6 Å². The molecular formula is C37H40O5. The van der Waals surface area contributed by atoms with Crippen LogP contribution in [0, 0.1) is 0 Å². The van der Waals surface area contributed by atoms with E-state index in [-0.39, 0.29) is 6.61 Å². The Morgan fingerprint density at radius 3 is 1.71 bits per heavy atom. The molecule has 0 heterocycles. The highest BCUT2D eigenvalue weighted by Gasteiger charge is 2.12. The minimum Gasteiger partial charge on any atom is -0.494 e. The first-order chi connectivity index (χ1) is 20.6. The Morgan fingerprint density at radius 1 is 0.548 bits per heavy atom. The van der Waals surface area contributed by atoms with Crippen LogP contribution in [0.4, 0.5) is 0 Å². The Bertz CT molecular complexity index is 1360. The zero-order valence-corrected chi connectivity index (χ0v) is 24.4. The summed E-state index contributed by atoms with van der Waals surface area (Å²) < 4.78 is 16.8. The average molecular weight is 565 g/mol. The molecule has 4 aromatic rings. The van der Waals surface area contributed by atoms with Crippen LogP contribution in [0.25, 0.3) is 11.1 Å². The van der Waals surface area contributed by atoms with Crippen molar-refractivity contribution >= 4 is 11.9 Å². The van der Waals surface area contributed by atoms with Crippen molar-refractivity contribution in [3.8, 4) is 22.6 Å². The van der Waals surface area contributed by atoms with E-state index in [4.69, 9.17) is 14.2 Å². The molecule has 0 bridgehead atoms. The molecule has 0 spiro atoms. The van der Waals surface area contributed by atoms with Crippen LogP contribution >= 0.6 is 0 Å². The zero-order chi connectivity index (χ0) is 29.4. The molecule has 4 aromatic carbocycles. The van der Waals surface area contributed by atoms with Crippen molar-refractivity contribution in [1.29, 1.82) is 0 Å². The van der Waals surface area contributed by atoms with Crippen molar-refractivity contribution < 1.29 is 23.8 Å². The number of hydrogen-bond acceptors (Lipinski definition) is 5. The predicted molar refractivity (Wildman–Crippen MR) is 167 cm³/mol. The number of carbonyl (C=O) groups is 2. The Labute approximate surface area is 249 Å². The third-order valence-corrected chi connectivity index (χ3v) is 7.09. The molecule has 0 N–H and O–H groups in total. The fraction of sp³-hybridized carbons (Fsp3) is 0.297. The minimum atomic E-state index is -0.467. The van der Waals surface area contributed by atoms with Gasteiger partial charge in [0.2, 0.25) is 0 Å². The number of hydrogen-bond donors (Lipinski definition) is 0. The van der Waals surface area contributed by atoms with E-state index in [1.54, 1.807) is 36.4 Å². The molecule has 0 aliphatic heterocycles. The first kappa shape index (κ1) is 30.6. The lowest BCUT2D eigenvalue weighted by atomic mass is 10.0. The van der Waals surface area contributed by atoms with E-state index < -0.39 is 11.9 Å². The summed E-state index contributed by atoms with van der Waals surface area (Å²) >= 11 is 0. The number of benzene rings is 4. The Kier molecular flexibility index (Phi) is 12.2. The average Bonchev–Trinajstić information content (AvgIpc) is 3.04. The summed E-state index contributed by atoms with van der Waals surface area (Å²) in [5.41, 5.74) is 3.79. The second kappa shape index (κ2) is 16.8. The van der Waals surface area contributed by atoms with Crippen molar-refractivity contribution in [3.05, 3.63) is 120 Å². The second-order valence-electron chi connectivity index (χ2n) is 10.4. The van der Waals surface area contributed by atoms with E-state index in [0.717, 1.165) is 35.5 Å². The molecule has 0 amide bonds. The SMILES string of the molecule is CCCCCCCCCCOc1ccc(-c2ccc(C(=O)Oc3ccc(C(=O)OCc4ccccc4)cc3)cc2)cc1. The highest BCUT2D eigenvalue weighted by molar-refractivity contribution is 5.92. The van der Waals surface area contributed by atoms with E-state index in [0.29, 0.717) is 16.9 Å². The molecule has 0 aliphatic carbocycles. The molecule has 0 atom stereocenters. The number of carbonyl (C=O) groups excluding carboxylic acids is 2. The summed E-state index contributed by atoms with van der Waals surface area (Å²) in [6.45, 7) is 3.19. The standard InChI is InChI=1S/C37H40O5/c1-2-3-4-5-6-7-8-12-27-40-34-23-19-31(20-24-34)30-15-17-33(18-16-30)37(39)42-35-25-21-32(22-26-35)36(38)41-28-29-13-10-9-11-14-29/h9-11,13-26H,2-8,12,27-28H2,1H3. The van der Waals surface area contributed by atoms with Crippen LogP contribution in [-0.2, 0) is 11.3 Å². The minimum absolute atomic E-state index is 0.198. The predicted octanol–water partition coefficient (Wildman–Crippen LogP) is 9.45. The van der Waals surface area contributed by atoms with Crippen molar-refractivity contribution in [2.75, 3.05) is 6.61 Å². The molecule has 5 heteroatoms. The molecule has 42 heavy (non-hydrogen) atoms. The Morgan fingerprint density at radius 2 is 1.07 bits per heavy atom. The maximum Gasteiger partial charge on any atom is 0.343 e. The third kappa shape index (κ3) is 9.91. The van der Waals surface area contributed by atoms with Crippen molar-refractivity contribution in [1.82, 2.24) is 0 Å². The molecule has 0 fully saturated rings. The first-order valence-corrected chi connectivity index (χ1v) is 15.0. The van der Waals surface area contributed by atoms with Gasteiger partial charge in [-0.25, -0.2) is 9.59 Å². The summed E-state index contributed by atoms with van der Waals surface area (Å²) in [5, 5.41) is 0. The van der Waals surface area contributed by atoms with E-state index in [1.165, 1.54) is 44.9 Å². The van der Waals surface area contributed by atoms with Crippen LogP contribution in [0.2, 0.25) is 0 Å². The normalized spacial score (nSPS) is 10.7. The van der Waals surface area contributed by atoms with Gasteiger partial charge < -0.3 is 14.2 Å². The Hall–Kier alpha value is -4.38. The maximum atomic E-state index is 12.7. The summed E-state index contributed by atoms with van der Waals surface area (Å²) in [6, 6.07) is 31.2. The second-order valence-corrected chi connectivity index (χ2v) is 10.4. The van der Waals surface area contributed by atoms with E-state index in [9.17, 15) is 9.59 Å². The van der Waals surface area contributed by atoms with Crippen molar-refractivity contribution in [3.63, 3.8) is 0 Å². The lowest BCUT2D eigenvalue weighted by Gasteiger charge is -2.09. The Balaban J connectivity index is 1.19. The van der Waals surface area contributed by atoms with E-state index in [2.05, 4.69) is 6.92 Å². The highest BCUT2D eigenvalue weighted by Crippen LogP contribution is 2.24. The first-order valence-electron chi connectivity index (χ1n) is 15.0. The van der Waals surface area contributed by atoms with Gasteiger partial charge in [0.15, 0.2) is 0 Å². The molecule has 4 rings (SSSR count). The van der Waals surface area contributed by atoms with Gasteiger partial charge in [0, 0.05) is 0 Å². The largest absolute Gasteiger partial charge is 0.494 e. The summed E-state index contributed by atoms with van der Waals surface area (Å²) in [5.74, 6) is 0.324. The fourth-order valence-corrected chi connectivity index (χ4v) is 4.60. The van der Waals surface area contributed by atoms with Gasteiger partial charge in [-0.15, -0.1) is 0 Å². The number of esters is 2. The van der Waals surface area contributed by atoms with Gasteiger partial charge in [-0.3, -0.25) is 0 Å². The van der Waals surface area contributed by atoms with Crippen LogP contribution in [-0.4, -0.2) is 18.5 Å². The molecule has 0 unspecified atom stereocenters. The molecule has 0 aromatic heterocycles. The molecule has 5 nitrogen and oxygen atoms in total. The van der Waals surface area contributed by atoms with Crippen molar-refractivity contribution in [2.45, 2.75) is 64.9 Å². The molecular weight excluding hydrogens is 524 g/mol. The van der Waals surface area contributed by atoms with Gasteiger partial charge in [0.25, 0.3) is 0 Å². The quantitative estimate of drug-likeness (QED) is 0.0770. The fourth-order valence-electron chi connectivity index (χ4n) is 4.60. The number of unbranched alkanes of at least 4 members (excludes halogenated alkanes) is 7. The van der Waals surface area contributed by atoms with Crippen molar-refractivity contribution in [2.24, 2.45) is 0 Å². The van der Waals surface area contributed by atoms with Gasteiger partial charge in [-0.05, 0) is 71.6 Å². The van der Waals surface area contributed by atoms with Crippen LogP contribution in [0.15, 0.2) is 103 Å². The van der Waals surface area contributed by atoms with Crippen LogP contribution < -0.4 is 9.47 Å². The third-order valence-electron chi connectivity index (χ3n) is 7.09. The zero-order valence-electron chi connectivity index (χ0n) is 24.4. The lowest BCUT2D eigenvalue weighted by Crippen LogP contribution is -2.09. The maximum absolute atomic E-state index is 12.7.